The topological polar surface area (TPSA) is 47.3 Å². The summed E-state index contributed by atoms with van der Waals surface area (Å²) in [5.74, 6) is 1.43. The van der Waals surface area contributed by atoms with Gasteiger partial charge < -0.3 is 14.5 Å². The maximum atomic E-state index is 5.65. The Morgan fingerprint density at radius 2 is 1.81 bits per heavy atom. The van der Waals surface area contributed by atoms with E-state index in [0.717, 1.165) is 23.6 Å². The Morgan fingerprint density at radius 1 is 0.963 bits per heavy atom. The maximum absolute atomic E-state index is 5.65. The molecule has 0 aliphatic heterocycles. The molecule has 4 rings (SSSR count). The normalized spacial score (nSPS) is 11.0. The molecule has 0 unspecified atom stereocenters. The zero-order valence-electron chi connectivity index (χ0n) is 15.3. The van der Waals surface area contributed by atoms with Gasteiger partial charge in [-0.05, 0) is 41.5 Å². The number of rotatable bonds is 7. The van der Waals surface area contributed by atoms with Gasteiger partial charge in [-0.15, -0.1) is 0 Å². The monoisotopic (exact) mass is 358 g/mol. The predicted octanol–water partition coefficient (Wildman–Crippen LogP) is 5.18. The molecule has 0 saturated heterocycles. The molecule has 0 bridgehead atoms. The summed E-state index contributed by atoms with van der Waals surface area (Å²) in [7, 11) is 0. The van der Waals surface area contributed by atoms with Crippen LogP contribution in [0.2, 0.25) is 0 Å². The first kappa shape index (κ1) is 17.3. The van der Waals surface area contributed by atoms with Crippen molar-refractivity contribution in [1.82, 2.24) is 10.3 Å². The molecule has 1 aromatic heterocycles. The van der Waals surface area contributed by atoms with Gasteiger partial charge in [0.25, 0.3) is 0 Å². The van der Waals surface area contributed by atoms with Gasteiger partial charge in [-0.1, -0.05) is 48.5 Å². The number of nitrogens with zero attached hydrogens (tertiary/aromatic N) is 1. The van der Waals surface area contributed by atoms with Gasteiger partial charge in [-0.2, -0.15) is 0 Å². The van der Waals surface area contributed by atoms with Gasteiger partial charge in [0.05, 0.1) is 12.3 Å². The molecule has 0 amide bonds. The molecule has 0 aliphatic rings. The lowest BCUT2D eigenvalue weighted by molar-refractivity contribution is 0.340. The van der Waals surface area contributed by atoms with Crippen molar-refractivity contribution in [2.45, 2.75) is 20.0 Å². The largest absolute Gasteiger partial charge is 0.494 e. The molecule has 1 heterocycles. The number of benzene rings is 3. The van der Waals surface area contributed by atoms with E-state index in [2.05, 4.69) is 52.8 Å². The van der Waals surface area contributed by atoms with Gasteiger partial charge >= 0.3 is 0 Å². The van der Waals surface area contributed by atoms with Crippen LogP contribution >= 0.6 is 0 Å². The Labute approximate surface area is 158 Å². The zero-order valence-corrected chi connectivity index (χ0v) is 15.3. The van der Waals surface area contributed by atoms with E-state index >= 15 is 0 Å². The fourth-order valence-corrected chi connectivity index (χ4v) is 3.18. The standard InChI is InChI=1S/C23H22N2O2/c1-2-26-21-11-6-9-18(13-21)23-25-20(16-27-23)15-24-14-19-10-5-8-17-7-3-4-12-22(17)19/h3-13,16,24H,2,14-15H2,1H3. The molecule has 0 saturated carbocycles. The highest BCUT2D eigenvalue weighted by Gasteiger charge is 2.08. The van der Waals surface area contributed by atoms with E-state index in [4.69, 9.17) is 9.15 Å². The van der Waals surface area contributed by atoms with Crippen molar-refractivity contribution in [2.75, 3.05) is 6.61 Å². The molecule has 3 aromatic carbocycles. The summed E-state index contributed by atoms with van der Waals surface area (Å²) in [6.45, 7) is 4.04. The fourth-order valence-electron chi connectivity index (χ4n) is 3.18. The van der Waals surface area contributed by atoms with Crippen molar-refractivity contribution in [3.05, 3.63) is 84.3 Å². The van der Waals surface area contributed by atoms with Crippen LogP contribution in [0.3, 0.4) is 0 Å². The van der Waals surface area contributed by atoms with Gasteiger partial charge in [0, 0.05) is 18.7 Å². The molecule has 0 radical (unpaired) electrons. The Kier molecular flexibility index (Phi) is 5.17. The van der Waals surface area contributed by atoms with E-state index in [1.165, 1.54) is 16.3 Å². The minimum Gasteiger partial charge on any atom is -0.494 e. The van der Waals surface area contributed by atoms with Crippen LogP contribution in [0.25, 0.3) is 22.2 Å². The fraction of sp³-hybridized carbons (Fsp3) is 0.174. The van der Waals surface area contributed by atoms with Crippen molar-refractivity contribution in [1.29, 1.82) is 0 Å². The number of hydrogen-bond donors (Lipinski definition) is 1. The quantitative estimate of drug-likeness (QED) is 0.494. The first-order chi connectivity index (χ1) is 13.3. The van der Waals surface area contributed by atoms with Gasteiger partial charge in [0.15, 0.2) is 0 Å². The lowest BCUT2D eigenvalue weighted by Gasteiger charge is -2.07. The number of ether oxygens (including phenoxy) is 1. The molecule has 27 heavy (non-hydrogen) atoms. The number of fused-ring (bicyclic) bond motifs is 1. The highest BCUT2D eigenvalue weighted by atomic mass is 16.5. The Bertz CT molecular complexity index is 1030. The van der Waals surface area contributed by atoms with E-state index in [1.807, 2.05) is 31.2 Å². The first-order valence-electron chi connectivity index (χ1n) is 9.18. The van der Waals surface area contributed by atoms with Crippen molar-refractivity contribution in [3.8, 4) is 17.2 Å². The Morgan fingerprint density at radius 3 is 2.74 bits per heavy atom. The van der Waals surface area contributed by atoms with E-state index < -0.39 is 0 Å². The second-order valence-corrected chi connectivity index (χ2v) is 6.35. The van der Waals surface area contributed by atoms with Gasteiger partial charge in [0.2, 0.25) is 5.89 Å². The molecular weight excluding hydrogens is 336 g/mol. The molecule has 0 spiro atoms. The zero-order chi connectivity index (χ0) is 18.5. The molecular formula is C23H22N2O2. The average molecular weight is 358 g/mol. The molecule has 4 nitrogen and oxygen atoms in total. The summed E-state index contributed by atoms with van der Waals surface area (Å²) >= 11 is 0. The number of hydrogen-bond acceptors (Lipinski definition) is 4. The summed E-state index contributed by atoms with van der Waals surface area (Å²) in [4.78, 5) is 4.59. The lowest BCUT2D eigenvalue weighted by Crippen LogP contribution is -2.13. The second kappa shape index (κ2) is 8.06. The summed E-state index contributed by atoms with van der Waals surface area (Å²) in [6.07, 6.45) is 1.71. The average Bonchev–Trinajstić information content (AvgIpc) is 3.18. The van der Waals surface area contributed by atoms with Crippen LogP contribution in [0, 0.1) is 0 Å². The molecule has 1 N–H and O–H groups in total. The highest BCUT2D eigenvalue weighted by molar-refractivity contribution is 5.85. The Hall–Kier alpha value is -3.11. The summed E-state index contributed by atoms with van der Waals surface area (Å²) in [5.41, 5.74) is 3.08. The molecule has 0 fully saturated rings. The van der Waals surface area contributed by atoms with Crippen LogP contribution in [-0.4, -0.2) is 11.6 Å². The van der Waals surface area contributed by atoms with E-state index in [-0.39, 0.29) is 0 Å². The third-order valence-corrected chi connectivity index (χ3v) is 4.45. The van der Waals surface area contributed by atoms with Crippen LogP contribution in [0.5, 0.6) is 5.75 Å². The summed E-state index contributed by atoms with van der Waals surface area (Å²) in [6, 6.07) is 22.6. The van der Waals surface area contributed by atoms with Crippen LogP contribution < -0.4 is 10.1 Å². The van der Waals surface area contributed by atoms with Crippen LogP contribution in [0.1, 0.15) is 18.2 Å². The maximum Gasteiger partial charge on any atom is 0.226 e. The molecule has 4 aromatic rings. The molecule has 136 valence electrons. The van der Waals surface area contributed by atoms with Gasteiger partial charge in [-0.3, -0.25) is 0 Å². The second-order valence-electron chi connectivity index (χ2n) is 6.35. The minimum atomic E-state index is 0.610. The van der Waals surface area contributed by atoms with Crippen LogP contribution in [0.4, 0.5) is 0 Å². The van der Waals surface area contributed by atoms with Crippen molar-refractivity contribution < 1.29 is 9.15 Å². The smallest absolute Gasteiger partial charge is 0.226 e. The van der Waals surface area contributed by atoms with Gasteiger partial charge in [0.1, 0.15) is 12.0 Å². The molecule has 4 heteroatoms. The van der Waals surface area contributed by atoms with Crippen molar-refractivity contribution >= 4 is 10.8 Å². The molecule has 0 atom stereocenters. The first-order valence-corrected chi connectivity index (χ1v) is 9.18. The highest BCUT2D eigenvalue weighted by Crippen LogP contribution is 2.23. The van der Waals surface area contributed by atoms with Crippen molar-refractivity contribution in [3.63, 3.8) is 0 Å². The van der Waals surface area contributed by atoms with E-state index in [0.29, 0.717) is 19.0 Å². The number of aromatic nitrogens is 1. The SMILES string of the molecule is CCOc1cccc(-c2nc(CNCc3cccc4ccccc34)co2)c1. The molecule has 0 aliphatic carbocycles. The predicted molar refractivity (Wildman–Crippen MR) is 108 cm³/mol. The van der Waals surface area contributed by atoms with Crippen LogP contribution in [0.15, 0.2) is 77.4 Å². The third kappa shape index (κ3) is 4.01. The van der Waals surface area contributed by atoms with E-state index in [9.17, 15) is 0 Å². The number of oxazole rings is 1. The van der Waals surface area contributed by atoms with Crippen LogP contribution in [-0.2, 0) is 13.1 Å². The third-order valence-electron chi connectivity index (χ3n) is 4.45. The number of nitrogens with one attached hydrogen (secondary N) is 1. The van der Waals surface area contributed by atoms with Crippen molar-refractivity contribution in [2.24, 2.45) is 0 Å². The van der Waals surface area contributed by atoms with E-state index in [1.54, 1.807) is 6.26 Å². The summed E-state index contributed by atoms with van der Waals surface area (Å²) < 4.78 is 11.2. The summed E-state index contributed by atoms with van der Waals surface area (Å²) in [5, 5.41) is 6.00. The Balaban J connectivity index is 1.42. The minimum absolute atomic E-state index is 0.610. The van der Waals surface area contributed by atoms with Gasteiger partial charge in [-0.25, -0.2) is 4.98 Å². The lowest BCUT2D eigenvalue weighted by atomic mass is 10.0.